The predicted octanol–water partition coefficient (Wildman–Crippen LogP) is 3.98. The van der Waals surface area contributed by atoms with E-state index < -0.39 is 0 Å². The van der Waals surface area contributed by atoms with Crippen LogP contribution in [0.15, 0.2) is 42.7 Å². The highest BCUT2D eigenvalue weighted by Crippen LogP contribution is 2.25. The Kier molecular flexibility index (Phi) is 5.89. The van der Waals surface area contributed by atoms with Gasteiger partial charge in [-0.1, -0.05) is 18.6 Å². The lowest BCUT2D eigenvalue weighted by atomic mass is 9.85. The maximum absolute atomic E-state index is 12.7. The average molecular weight is 418 g/mol. The van der Waals surface area contributed by atoms with Crippen molar-refractivity contribution in [3.63, 3.8) is 0 Å². The van der Waals surface area contributed by atoms with Crippen molar-refractivity contribution in [3.8, 4) is 0 Å². The van der Waals surface area contributed by atoms with E-state index in [9.17, 15) is 4.79 Å². The molecule has 2 fully saturated rings. The van der Waals surface area contributed by atoms with Crippen molar-refractivity contribution in [2.24, 2.45) is 5.92 Å². The summed E-state index contributed by atoms with van der Waals surface area (Å²) in [6.07, 6.45) is 10.0. The van der Waals surface area contributed by atoms with E-state index in [1.807, 2.05) is 12.3 Å². The van der Waals surface area contributed by atoms with Gasteiger partial charge in [0.2, 0.25) is 0 Å². The van der Waals surface area contributed by atoms with Gasteiger partial charge in [0.25, 0.3) is 5.91 Å². The average Bonchev–Trinajstić information content (AvgIpc) is 3.43. The van der Waals surface area contributed by atoms with Gasteiger partial charge in [-0.15, -0.1) is 0 Å². The smallest absolute Gasteiger partial charge is 0.253 e. The number of hydrogen-bond donors (Lipinski definition) is 3. The van der Waals surface area contributed by atoms with Gasteiger partial charge in [-0.3, -0.25) is 9.78 Å². The molecule has 1 aliphatic carbocycles. The molecule has 2 aromatic heterocycles. The van der Waals surface area contributed by atoms with Crippen LogP contribution in [0.3, 0.4) is 0 Å². The van der Waals surface area contributed by atoms with E-state index in [0.717, 1.165) is 48.9 Å². The second-order valence-corrected chi connectivity index (χ2v) is 8.95. The summed E-state index contributed by atoms with van der Waals surface area (Å²) in [5, 5.41) is 7.81. The van der Waals surface area contributed by atoms with Gasteiger partial charge in [0.05, 0.1) is 17.4 Å². The number of amides is 1. The van der Waals surface area contributed by atoms with E-state index >= 15 is 0 Å². The molecule has 0 unspecified atom stereocenters. The molecule has 3 heterocycles. The topological polar surface area (TPSA) is 73.0 Å². The van der Waals surface area contributed by atoms with Gasteiger partial charge in [-0.05, 0) is 67.3 Å². The number of fused-ring (bicyclic) bond motifs is 1. The number of anilines is 1. The highest BCUT2D eigenvalue weighted by atomic mass is 16.1. The molecule has 2 aliphatic rings. The molecular formula is C25H31N5O. The molecule has 1 aromatic carbocycles. The standard InChI is InChI=1S/C25H31N5O/c31-25(21-12-23(17-27-15-21)30-8-1-2-9-30)28-14-19-6-7-20-11-22(29-24(20)10-19)16-26-13-18-4-3-5-18/h6-7,10-12,15,17-18,26,29H,1-5,8-9,13-14,16H2,(H,28,31). The maximum atomic E-state index is 12.7. The Bertz CT molecular complexity index is 1050. The van der Waals surface area contributed by atoms with E-state index in [-0.39, 0.29) is 5.91 Å². The van der Waals surface area contributed by atoms with Crippen LogP contribution in [0.4, 0.5) is 5.69 Å². The fourth-order valence-electron chi connectivity index (χ4n) is 4.53. The molecule has 1 saturated heterocycles. The molecule has 1 amide bonds. The van der Waals surface area contributed by atoms with Crippen LogP contribution in [0, 0.1) is 5.92 Å². The Hall–Kier alpha value is -2.86. The Morgan fingerprint density at radius 3 is 2.74 bits per heavy atom. The van der Waals surface area contributed by atoms with Gasteiger partial charge in [-0.2, -0.15) is 0 Å². The van der Waals surface area contributed by atoms with Crippen LogP contribution >= 0.6 is 0 Å². The molecule has 0 spiro atoms. The van der Waals surface area contributed by atoms with Crippen molar-refractivity contribution in [3.05, 3.63) is 59.5 Å². The molecule has 1 aliphatic heterocycles. The normalized spacial score (nSPS) is 16.6. The van der Waals surface area contributed by atoms with Crippen LogP contribution in [0.5, 0.6) is 0 Å². The lowest BCUT2D eigenvalue weighted by molar-refractivity contribution is 0.0950. The van der Waals surface area contributed by atoms with Gasteiger partial charge in [0.1, 0.15) is 0 Å². The SMILES string of the molecule is O=C(NCc1ccc2cc(CNCC3CCC3)[nH]c2c1)c1cncc(N2CCCC2)c1. The van der Waals surface area contributed by atoms with E-state index in [1.165, 1.54) is 43.2 Å². The Balaban J connectivity index is 1.18. The third-order valence-electron chi connectivity index (χ3n) is 6.63. The lowest BCUT2D eigenvalue weighted by Gasteiger charge is -2.25. The first-order valence-corrected chi connectivity index (χ1v) is 11.5. The molecule has 0 bridgehead atoms. The van der Waals surface area contributed by atoms with Crippen LogP contribution < -0.4 is 15.5 Å². The number of rotatable bonds is 8. The fourth-order valence-corrected chi connectivity index (χ4v) is 4.53. The third-order valence-corrected chi connectivity index (χ3v) is 6.63. The van der Waals surface area contributed by atoms with Gasteiger partial charge in [-0.25, -0.2) is 0 Å². The number of hydrogen-bond acceptors (Lipinski definition) is 4. The summed E-state index contributed by atoms with van der Waals surface area (Å²) >= 11 is 0. The first kappa shape index (κ1) is 20.1. The van der Waals surface area contributed by atoms with Crippen molar-refractivity contribution in [1.82, 2.24) is 20.6 Å². The summed E-state index contributed by atoms with van der Waals surface area (Å²) in [6.45, 7) is 4.57. The van der Waals surface area contributed by atoms with E-state index in [0.29, 0.717) is 12.1 Å². The van der Waals surface area contributed by atoms with Gasteiger partial charge >= 0.3 is 0 Å². The Labute approximate surface area is 183 Å². The Morgan fingerprint density at radius 2 is 1.94 bits per heavy atom. The molecule has 0 radical (unpaired) electrons. The summed E-state index contributed by atoms with van der Waals surface area (Å²) < 4.78 is 0. The highest BCUT2D eigenvalue weighted by molar-refractivity contribution is 5.94. The largest absolute Gasteiger partial charge is 0.370 e. The second kappa shape index (κ2) is 9.10. The number of aromatic nitrogens is 2. The summed E-state index contributed by atoms with van der Waals surface area (Å²) in [5.74, 6) is 0.784. The summed E-state index contributed by atoms with van der Waals surface area (Å²) in [6, 6.07) is 10.5. The molecule has 6 heteroatoms. The van der Waals surface area contributed by atoms with Crippen LogP contribution in [0.25, 0.3) is 10.9 Å². The van der Waals surface area contributed by atoms with Crippen molar-refractivity contribution in [2.45, 2.75) is 45.2 Å². The second-order valence-electron chi connectivity index (χ2n) is 8.95. The van der Waals surface area contributed by atoms with E-state index in [4.69, 9.17) is 0 Å². The molecule has 5 rings (SSSR count). The maximum Gasteiger partial charge on any atom is 0.253 e. The van der Waals surface area contributed by atoms with Crippen LogP contribution in [0.1, 0.15) is 53.7 Å². The van der Waals surface area contributed by atoms with Crippen molar-refractivity contribution in [2.75, 3.05) is 24.5 Å². The molecule has 0 atom stereocenters. The quantitative estimate of drug-likeness (QED) is 0.518. The minimum absolute atomic E-state index is 0.0824. The molecule has 6 nitrogen and oxygen atoms in total. The summed E-state index contributed by atoms with van der Waals surface area (Å²) in [7, 11) is 0. The van der Waals surface area contributed by atoms with E-state index in [1.54, 1.807) is 6.20 Å². The van der Waals surface area contributed by atoms with Gasteiger partial charge in [0.15, 0.2) is 0 Å². The molecule has 162 valence electrons. The zero-order chi connectivity index (χ0) is 21.0. The molecular weight excluding hydrogens is 386 g/mol. The first-order valence-electron chi connectivity index (χ1n) is 11.5. The van der Waals surface area contributed by atoms with Crippen LogP contribution in [-0.4, -0.2) is 35.5 Å². The molecule has 31 heavy (non-hydrogen) atoms. The van der Waals surface area contributed by atoms with Gasteiger partial charge in [0, 0.05) is 43.6 Å². The Morgan fingerprint density at radius 1 is 1.06 bits per heavy atom. The van der Waals surface area contributed by atoms with E-state index in [2.05, 4.69) is 49.8 Å². The van der Waals surface area contributed by atoms with Gasteiger partial charge < -0.3 is 20.5 Å². The molecule has 3 N–H and O–H groups in total. The zero-order valence-electron chi connectivity index (χ0n) is 18.0. The first-order chi connectivity index (χ1) is 15.2. The third kappa shape index (κ3) is 4.74. The molecule has 3 aromatic rings. The predicted molar refractivity (Wildman–Crippen MR) is 124 cm³/mol. The van der Waals surface area contributed by atoms with Crippen molar-refractivity contribution in [1.29, 1.82) is 0 Å². The lowest BCUT2D eigenvalue weighted by Crippen LogP contribution is -2.26. The number of pyridine rings is 1. The van der Waals surface area contributed by atoms with Crippen LogP contribution in [-0.2, 0) is 13.1 Å². The number of H-pyrrole nitrogens is 1. The number of nitrogens with one attached hydrogen (secondary N) is 3. The monoisotopic (exact) mass is 417 g/mol. The minimum Gasteiger partial charge on any atom is -0.370 e. The summed E-state index contributed by atoms with van der Waals surface area (Å²) in [5.41, 5.74) is 5.06. The van der Waals surface area contributed by atoms with Crippen molar-refractivity contribution < 1.29 is 4.79 Å². The highest BCUT2D eigenvalue weighted by Gasteiger charge is 2.17. The fraction of sp³-hybridized carbons (Fsp3) is 0.440. The number of carbonyl (C=O) groups is 1. The number of nitrogens with zero attached hydrogens (tertiary/aromatic N) is 2. The molecule has 1 saturated carbocycles. The van der Waals surface area contributed by atoms with Crippen LogP contribution in [0.2, 0.25) is 0 Å². The zero-order valence-corrected chi connectivity index (χ0v) is 18.0. The number of aromatic amines is 1. The number of benzene rings is 1. The minimum atomic E-state index is -0.0824. The van der Waals surface area contributed by atoms with Crippen molar-refractivity contribution >= 4 is 22.5 Å². The summed E-state index contributed by atoms with van der Waals surface area (Å²) in [4.78, 5) is 22.8. The number of carbonyl (C=O) groups excluding carboxylic acids is 1.